The van der Waals surface area contributed by atoms with Gasteiger partial charge >= 0.3 is 6.09 Å². The number of likely N-dealkylation sites (tertiary alicyclic amines) is 1. The number of carbonyl (C=O) groups is 2. The number of H-pyrrole nitrogens is 1. The Bertz CT molecular complexity index is 868. The average molecular weight is 416 g/mol. The van der Waals surface area contributed by atoms with Crippen LogP contribution in [0.5, 0.6) is 0 Å². The molecule has 0 spiro atoms. The zero-order valence-electron chi connectivity index (χ0n) is 16.3. The molecule has 0 saturated carbocycles. The molecule has 0 radical (unpaired) electrons. The summed E-state index contributed by atoms with van der Waals surface area (Å²) in [6.07, 6.45) is 2.34. The highest BCUT2D eigenvalue weighted by atomic mass is 32.2. The fourth-order valence-corrected chi connectivity index (χ4v) is 4.58. The monoisotopic (exact) mass is 415 g/mol. The molecule has 8 heteroatoms. The molecule has 1 saturated heterocycles. The zero-order valence-corrected chi connectivity index (χ0v) is 17.2. The zero-order chi connectivity index (χ0) is 20.8. The SMILES string of the molecule is C=CCOC(=O)N1C[C@@H](SC(=O)c2ccccc2)C[C@H]1Cc1[nH]c(CO)nc1C. The van der Waals surface area contributed by atoms with Gasteiger partial charge in [-0.25, -0.2) is 9.78 Å². The Morgan fingerprint density at radius 3 is 2.83 bits per heavy atom. The number of imidazole rings is 1. The van der Waals surface area contributed by atoms with Crippen molar-refractivity contribution in [1.29, 1.82) is 0 Å². The molecule has 1 aromatic carbocycles. The number of nitrogens with one attached hydrogen (secondary N) is 1. The van der Waals surface area contributed by atoms with Crippen molar-refractivity contribution < 1.29 is 19.4 Å². The van der Waals surface area contributed by atoms with E-state index in [0.717, 1.165) is 11.4 Å². The number of hydrogen-bond acceptors (Lipinski definition) is 6. The molecular weight excluding hydrogens is 390 g/mol. The van der Waals surface area contributed by atoms with Crippen molar-refractivity contribution >= 4 is 23.0 Å². The summed E-state index contributed by atoms with van der Waals surface area (Å²) in [5, 5.41) is 9.27. The Kier molecular flexibility index (Phi) is 7.11. The van der Waals surface area contributed by atoms with Crippen LogP contribution in [-0.4, -0.2) is 55.6 Å². The van der Waals surface area contributed by atoms with Crippen LogP contribution in [0.25, 0.3) is 0 Å². The van der Waals surface area contributed by atoms with Crippen LogP contribution in [0.2, 0.25) is 0 Å². The van der Waals surface area contributed by atoms with Gasteiger partial charge in [-0.05, 0) is 13.3 Å². The first kappa shape index (κ1) is 21.1. The van der Waals surface area contributed by atoms with Crippen LogP contribution in [0.4, 0.5) is 4.79 Å². The molecule has 3 rings (SSSR count). The Balaban J connectivity index is 1.72. The van der Waals surface area contributed by atoms with E-state index in [2.05, 4.69) is 16.5 Å². The number of rotatable bonds is 7. The number of thioether (sulfide) groups is 1. The second kappa shape index (κ2) is 9.76. The van der Waals surface area contributed by atoms with Gasteiger partial charge in [-0.3, -0.25) is 4.79 Å². The van der Waals surface area contributed by atoms with E-state index in [9.17, 15) is 14.7 Å². The van der Waals surface area contributed by atoms with Crippen LogP contribution < -0.4 is 0 Å². The van der Waals surface area contributed by atoms with Crippen molar-refractivity contribution in [3.05, 3.63) is 65.8 Å². The number of carbonyl (C=O) groups excluding carboxylic acids is 2. The normalized spacial score (nSPS) is 18.6. The van der Waals surface area contributed by atoms with Crippen molar-refractivity contribution in [3.63, 3.8) is 0 Å². The average Bonchev–Trinajstić information content (AvgIpc) is 3.30. The van der Waals surface area contributed by atoms with Crippen LogP contribution in [-0.2, 0) is 17.8 Å². The number of amides is 1. The maximum Gasteiger partial charge on any atom is 0.410 e. The molecule has 0 bridgehead atoms. The number of benzene rings is 1. The molecule has 2 atom stereocenters. The summed E-state index contributed by atoms with van der Waals surface area (Å²) in [4.78, 5) is 34.2. The molecular formula is C21H25N3O4S. The molecule has 2 N–H and O–H groups in total. The van der Waals surface area contributed by atoms with Gasteiger partial charge < -0.3 is 19.7 Å². The molecule has 7 nitrogen and oxygen atoms in total. The number of nitrogens with zero attached hydrogens (tertiary/aromatic N) is 2. The molecule has 2 aromatic rings. The minimum Gasteiger partial charge on any atom is -0.445 e. The fraction of sp³-hybridized carbons (Fsp3) is 0.381. The summed E-state index contributed by atoms with van der Waals surface area (Å²) >= 11 is 1.26. The predicted octanol–water partition coefficient (Wildman–Crippen LogP) is 3.09. The predicted molar refractivity (Wildman–Crippen MR) is 112 cm³/mol. The number of aliphatic hydroxyl groups is 1. The highest BCUT2D eigenvalue weighted by Gasteiger charge is 2.38. The largest absolute Gasteiger partial charge is 0.445 e. The van der Waals surface area contributed by atoms with Crippen LogP contribution in [0.15, 0.2) is 43.0 Å². The number of aromatic nitrogens is 2. The smallest absolute Gasteiger partial charge is 0.410 e. The number of ether oxygens (including phenoxy) is 1. The van der Waals surface area contributed by atoms with Crippen molar-refractivity contribution in [2.45, 2.75) is 37.7 Å². The van der Waals surface area contributed by atoms with Gasteiger partial charge in [0.05, 0.1) is 5.69 Å². The van der Waals surface area contributed by atoms with E-state index in [4.69, 9.17) is 4.74 Å². The first-order valence-electron chi connectivity index (χ1n) is 9.47. The fourth-order valence-electron chi connectivity index (χ4n) is 3.45. The third-order valence-electron chi connectivity index (χ3n) is 4.84. The third-order valence-corrected chi connectivity index (χ3v) is 5.97. The summed E-state index contributed by atoms with van der Waals surface area (Å²) in [6.45, 7) is 5.85. The lowest BCUT2D eigenvalue weighted by molar-refractivity contribution is 0.107. The lowest BCUT2D eigenvalue weighted by Gasteiger charge is -2.23. The first-order chi connectivity index (χ1) is 14.0. The van der Waals surface area contributed by atoms with Gasteiger partial charge in [-0.2, -0.15) is 0 Å². The van der Waals surface area contributed by atoms with Gasteiger partial charge in [0, 0.05) is 35.5 Å². The van der Waals surface area contributed by atoms with E-state index in [0.29, 0.717) is 30.8 Å². The van der Waals surface area contributed by atoms with Gasteiger partial charge in [0.15, 0.2) is 0 Å². The standard InChI is InChI=1S/C21H25N3O4S/c1-3-9-28-21(27)24-12-17(29-20(26)15-7-5-4-6-8-15)10-16(24)11-18-14(2)22-19(13-25)23-18/h3-8,16-17,25H,1,9-13H2,2H3,(H,22,23)/t16-,17-/m0/s1. The lowest BCUT2D eigenvalue weighted by Crippen LogP contribution is -2.37. The third kappa shape index (κ3) is 5.27. The molecule has 1 aromatic heterocycles. The van der Waals surface area contributed by atoms with Crippen LogP contribution >= 0.6 is 11.8 Å². The molecule has 1 fully saturated rings. The number of aromatic amines is 1. The second-order valence-electron chi connectivity index (χ2n) is 6.91. The summed E-state index contributed by atoms with van der Waals surface area (Å²) in [7, 11) is 0. The molecule has 2 heterocycles. The maximum atomic E-state index is 12.6. The minimum atomic E-state index is -0.412. The molecule has 154 valence electrons. The van der Waals surface area contributed by atoms with Gasteiger partial charge in [0.25, 0.3) is 0 Å². The Labute approximate surface area is 174 Å². The molecule has 1 aliphatic rings. The van der Waals surface area contributed by atoms with Gasteiger partial charge in [0.2, 0.25) is 5.12 Å². The number of aliphatic hydroxyl groups excluding tert-OH is 1. The molecule has 29 heavy (non-hydrogen) atoms. The number of aryl methyl sites for hydroxylation is 1. The molecule has 0 aliphatic carbocycles. The quantitative estimate of drug-likeness (QED) is 0.675. The van der Waals surface area contributed by atoms with E-state index in [1.54, 1.807) is 17.0 Å². The Morgan fingerprint density at radius 2 is 2.17 bits per heavy atom. The van der Waals surface area contributed by atoms with Gasteiger partial charge in [-0.15, -0.1) is 0 Å². The van der Waals surface area contributed by atoms with Crippen molar-refractivity contribution in [2.24, 2.45) is 0 Å². The highest BCUT2D eigenvalue weighted by Crippen LogP contribution is 2.32. The lowest BCUT2D eigenvalue weighted by atomic mass is 10.1. The topological polar surface area (TPSA) is 95.5 Å². The number of hydrogen-bond donors (Lipinski definition) is 2. The maximum absolute atomic E-state index is 12.6. The van der Waals surface area contributed by atoms with E-state index in [-0.39, 0.29) is 29.6 Å². The summed E-state index contributed by atoms with van der Waals surface area (Å²) in [5.41, 5.74) is 2.32. The van der Waals surface area contributed by atoms with Gasteiger partial charge in [0.1, 0.15) is 19.0 Å². The second-order valence-corrected chi connectivity index (χ2v) is 8.18. The van der Waals surface area contributed by atoms with E-state index >= 15 is 0 Å². The van der Waals surface area contributed by atoms with Crippen molar-refractivity contribution in [2.75, 3.05) is 13.2 Å². The first-order valence-corrected chi connectivity index (χ1v) is 10.3. The molecule has 1 aliphatic heterocycles. The highest BCUT2D eigenvalue weighted by molar-refractivity contribution is 8.14. The Hall–Kier alpha value is -2.58. The minimum absolute atomic E-state index is 0.00375. The molecule has 1 amide bonds. The van der Waals surface area contributed by atoms with Gasteiger partial charge in [-0.1, -0.05) is 54.7 Å². The summed E-state index contributed by atoms with van der Waals surface area (Å²) in [6, 6.07) is 9.01. The van der Waals surface area contributed by atoms with E-state index in [1.165, 1.54) is 17.8 Å². The van der Waals surface area contributed by atoms with Crippen molar-refractivity contribution in [3.8, 4) is 0 Å². The van der Waals surface area contributed by atoms with Crippen LogP contribution in [0, 0.1) is 6.92 Å². The van der Waals surface area contributed by atoms with Crippen LogP contribution in [0.3, 0.4) is 0 Å². The van der Waals surface area contributed by atoms with Crippen LogP contribution in [0.1, 0.15) is 34.0 Å². The summed E-state index contributed by atoms with van der Waals surface area (Å²) < 4.78 is 5.25. The summed E-state index contributed by atoms with van der Waals surface area (Å²) in [5.74, 6) is 0.501. The Morgan fingerprint density at radius 1 is 1.41 bits per heavy atom. The van der Waals surface area contributed by atoms with E-state index in [1.807, 2.05) is 25.1 Å². The molecule has 0 unspecified atom stereocenters. The van der Waals surface area contributed by atoms with E-state index < -0.39 is 6.09 Å². The van der Waals surface area contributed by atoms with Crippen molar-refractivity contribution in [1.82, 2.24) is 14.9 Å².